The number of rotatable bonds is 10. The van der Waals surface area contributed by atoms with Gasteiger partial charge in [-0.05, 0) is 77.2 Å². The fourth-order valence-corrected chi connectivity index (χ4v) is 7.83. The summed E-state index contributed by atoms with van der Waals surface area (Å²) in [7, 11) is 5.50. The Morgan fingerprint density at radius 3 is 1.73 bits per heavy atom. The van der Waals surface area contributed by atoms with Crippen molar-refractivity contribution in [2.45, 2.75) is 142 Å². The van der Waals surface area contributed by atoms with Gasteiger partial charge in [0, 0.05) is 47.7 Å². The Labute approximate surface area is 379 Å². The molecular weight excluding hydrogens is 825 g/mol. The van der Waals surface area contributed by atoms with Gasteiger partial charge in [-0.3, -0.25) is 38.4 Å². The maximum Gasteiger partial charge on any atom is 0.255 e. The molecule has 0 radical (unpaired) electrons. The second-order valence-corrected chi connectivity index (χ2v) is 19.1. The van der Waals surface area contributed by atoms with Crippen molar-refractivity contribution in [3.63, 3.8) is 0 Å². The Kier molecular flexibility index (Phi) is 19.7. The number of hydrogen-bond donors (Lipinski definition) is 4. The van der Waals surface area contributed by atoms with Gasteiger partial charge in [0.15, 0.2) is 6.04 Å². The van der Waals surface area contributed by atoms with Crippen LogP contribution in [0, 0.1) is 11.8 Å². The zero-order chi connectivity index (χ0) is 48.2. The molecule has 2 aliphatic rings. The molecule has 18 heteroatoms. The van der Waals surface area contributed by atoms with E-state index in [1.54, 1.807) is 45.0 Å². The summed E-state index contributed by atoms with van der Waals surface area (Å²) in [6, 6.07) is 0.599. The van der Waals surface area contributed by atoms with Gasteiger partial charge in [-0.1, -0.05) is 58.0 Å². The highest BCUT2D eigenvalue weighted by molar-refractivity contribution is 6.08. The molecule has 2 aliphatic heterocycles. The van der Waals surface area contributed by atoms with E-state index in [4.69, 9.17) is 4.74 Å². The van der Waals surface area contributed by atoms with Crippen LogP contribution < -0.4 is 16.0 Å². The maximum atomic E-state index is 15.0. The van der Waals surface area contributed by atoms with Crippen molar-refractivity contribution in [2.24, 2.45) is 11.8 Å². The number of carbonyl (C=O) groups excluding carboxylic acids is 8. The molecule has 358 valence electrons. The first-order chi connectivity index (χ1) is 29.8. The molecule has 2 unspecified atom stereocenters. The van der Waals surface area contributed by atoms with E-state index in [-0.39, 0.29) is 37.7 Å². The van der Waals surface area contributed by atoms with Crippen molar-refractivity contribution in [3.8, 4) is 0 Å². The summed E-state index contributed by atoms with van der Waals surface area (Å²) in [4.78, 5) is 121. The van der Waals surface area contributed by atoms with Gasteiger partial charge in [0.05, 0.1) is 24.9 Å². The molecule has 1 aromatic carbocycles. The standard InChI is InChI=1S/C46H74N8O10/c1-28(2)23-33-39(57)47-32(27-64-46(6,7)8)41(59)53(12)35(25-31-19-15-13-16-20-31)42(60)51(10)34(24-29(3)4)40(58)49-38(45(63)54-21-17-14-18-22-54)43(61)50(9)26-36(56)48-37(30(5)55)44(62)52(33)11/h13,15-16,19-20,28-30,32-35,37-38,55H,14,17-18,21-27H2,1-12H3,(H,47,57)(H,48,56)(H,49,58)/t30?,32-,33-,34-,35-,37-,38?/m0/s1. The van der Waals surface area contributed by atoms with Crippen molar-refractivity contribution in [2.75, 3.05) is 54.4 Å². The van der Waals surface area contributed by atoms with Gasteiger partial charge in [-0.15, -0.1) is 0 Å². The van der Waals surface area contributed by atoms with Crippen LogP contribution in [0.3, 0.4) is 0 Å². The van der Waals surface area contributed by atoms with E-state index in [0.29, 0.717) is 31.5 Å². The van der Waals surface area contributed by atoms with Crippen molar-refractivity contribution in [1.29, 1.82) is 0 Å². The molecule has 8 amide bonds. The molecule has 0 aromatic heterocycles. The molecule has 4 N–H and O–H groups in total. The fourth-order valence-electron chi connectivity index (χ4n) is 7.83. The van der Waals surface area contributed by atoms with Gasteiger partial charge >= 0.3 is 0 Å². The number of amides is 8. The van der Waals surface area contributed by atoms with Crippen LogP contribution in [0.15, 0.2) is 30.3 Å². The average Bonchev–Trinajstić information content (AvgIpc) is 3.23. The van der Waals surface area contributed by atoms with Crippen LogP contribution in [-0.2, 0) is 49.5 Å². The number of aliphatic hydroxyl groups is 1. The number of likely N-dealkylation sites (tertiary alicyclic amines) is 1. The van der Waals surface area contributed by atoms with Gasteiger partial charge in [0.2, 0.25) is 35.4 Å². The van der Waals surface area contributed by atoms with Crippen LogP contribution >= 0.6 is 0 Å². The lowest BCUT2D eigenvalue weighted by molar-refractivity contribution is -0.152. The van der Waals surface area contributed by atoms with E-state index in [1.165, 1.54) is 49.8 Å². The Morgan fingerprint density at radius 1 is 0.703 bits per heavy atom. The van der Waals surface area contributed by atoms with Crippen molar-refractivity contribution in [1.82, 2.24) is 40.4 Å². The lowest BCUT2D eigenvalue weighted by Gasteiger charge is -2.38. The lowest BCUT2D eigenvalue weighted by Crippen LogP contribution is -2.62. The number of nitrogens with zero attached hydrogens (tertiary/aromatic N) is 5. The van der Waals surface area contributed by atoms with Gasteiger partial charge in [0.25, 0.3) is 11.8 Å². The number of benzene rings is 1. The molecule has 2 fully saturated rings. The predicted octanol–water partition coefficient (Wildman–Crippen LogP) is 0.937. The molecule has 2 saturated heterocycles. The van der Waals surface area contributed by atoms with Crippen LogP contribution in [0.25, 0.3) is 0 Å². The molecule has 0 saturated carbocycles. The Hall–Kier alpha value is -5.10. The third kappa shape index (κ3) is 15.0. The summed E-state index contributed by atoms with van der Waals surface area (Å²) < 4.78 is 6.07. The summed E-state index contributed by atoms with van der Waals surface area (Å²) in [5, 5.41) is 18.8. The van der Waals surface area contributed by atoms with E-state index in [0.717, 1.165) is 16.2 Å². The predicted molar refractivity (Wildman–Crippen MR) is 240 cm³/mol. The van der Waals surface area contributed by atoms with Gasteiger partial charge in [0.1, 0.15) is 30.2 Å². The zero-order valence-electron chi connectivity index (χ0n) is 40.0. The normalized spacial score (nSPS) is 25.3. The fraction of sp³-hybridized carbons (Fsp3) is 0.696. The Bertz CT molecular complexity index is 1800. The lowest BCUT2D eigenvalue weighted by atomic mass is 9.98. The molecule has 0 bridgehead atoms. The number of piperidine rings is 1. The monoisotopic (exact) mass is 899 g/mol. The minimum Gasteiger partial charge on any atom is -0.391 e. The summed E-state index contributed by atoms with van der Waals surface area (Å²) in [6.45, 7) is 13.7. The zero-order valence-corrected chi connectivity index (χ0v) is 40.0. The van der Waals surface area contributed by atoms with Crippen molar-refractivity contribution >= 4 is 47.3 Å². The first-order valence-electron chi connectivity index (χ1n) is 22.4. The Morgan fingerprint density at radius 2 is 1.22 bits per heavy atom. The topological polar surface area (TPSA) is 218 Å². The minimum absolute atomic E-state index is 0.0113. The highest BCUT2D eigenvalue weighted by Gasteiger charge is 2.43. The third-order valence-electron chi connectivity index (χ3n) is 11.6. The van der Waals surface area contributed by atoms with E-state index >= 15 is 0 Å². The summed E-state index contributed by atoms with van der Waals surface area (Å²) >= 11 is 0. The van der Waals surface area contributed by atoms with Crippen LogP contribution in [0.4, 0.5) is 0 Å². The maximum absolute atomic E-state index is 15.0. The molecule has 2 heterocycles. The van der Waals surface area contributed by atoms with Crippen LogP contribution in [0.5, 0.6) is 0 Å². The first-order valence-corrected chi connectivity index (χ1v) is 22.4. The van der Waals surface area contributed by atoms with Crippen LogP contribution in [0.2, 0.25) is 0 Å². The van der Waals surface area contributed by atoms with Crippen LogP contribution in [-0.4, -0.2) is 179 Å². The van der Waals surface area contributed by atoms with Crippen LogP contribution in [0.1, 0.15) is 93.1 Å². The van der Waals surface area contributed by atoms with Crippen molar-refractivity contribution < 1.29 is 48.2 Å². The highest BCUT2D eigenvalue weighted by atomic mass is 16.5. The second-order valence-electron chi connectivity index (χ2n) is 19.1. The van der Waals surface area contributed by atoms with E-state index in [1.807, 2.05) is 33.8 Å². The minimum atomic E-state index is -1.78. The van der Waals surface area contributed by atoms with Crippen molar-refractivity contribution in [3.05, 3.63) is 35.9 Å². The number of hydrogen-bond acceptors (Lipinski definition) is 10. The van der Waals surface area contributed by atoms with Gasteiger partial charge < -0.3 is 50.3 Å². The molecule has 18 nitrogen and oxygen atoms in total. The SMILES string of the molecule is CC(C)C[C@H]1C(=O)N[C@@H](COC(C)(C)C)C(=O)N(C)[C@@H](Cc2ccccc2)C(=O)N(C)[C@@H](CC(C)C)C(=O)NC(C(=O)N2CCCCC2)C(=O)N(C)CC(=O)N[C@@H](C(C)O)C(=O)N1C. The first kappa shape index (κ1) is 53.2. The molecule has 64 heavy (non-hydrogen) atoms. The number of nitrogens with one attached hydrogen (secondary N) is 3. The molecule has 0 spiro atoms. The largest absolute Gasteiger partial charge is 0.391 e. The quantitative estimate of drug-likeness (QED) is 0.244. The van der Waals surface area contributed by atoms with E-state index in [9.17, 15) is 43.5 Å². The summed E-state index contributed by atoms with van der Waals surface area (Å²) in [5.41, 5.74) is -0.0673. The summed E-state index contributed by atoms with van der Waals surface area (Å²) in [6.07, 6.45) is 1.03. The molecule has 1 aromatic rings. The van der Waals surface area contributed by atoms with Gasteiger partial charge in [-0.25, -0.2) is 0 Å². The summed E-state index contributed by atoms with van der Waals surface area (Å²) in [5.74, 6) is -6.43. The third-order valence-corrected chi connectivity index (χ3v) is 11.6. The van der Waals surface area contributed by atoms with E-state index < -0.39 is 102 Å². The number of carbonyl (C=O) groups is 8. The molecular formula is C46H74N8O10. The molecule has 0 aliphatic carbocycles. The number of ether oxygens (including phenoxy) is 1. The Balaban J connectivity index is 2.29. The average molecular weight is 899 g/mol. The smallest absolute Gasteiger partial charge is 0.255 e. The number of aliphatic hydroxyl groups excluding tert-OH is 1. The number of likely N-dealkylation sites (N-methyl/N-ethyl adjacent to an activating group) is 4. The van der Waals surface area contributed by atoms with E-state index in [2.05, 4.69) is 16.0 Å². The molecule has 3 rings (SSSR count). The highest BCUT2D eigenvalue weighted by Crippen LogP contribution is 2.21. The van der Waals surface area contributed by atoms with Gasteiger partial charge in [-0.2, -0.15) is 0 Å². The molecule has 7 atom stereocenters. The second kappa shape index (κ2) is 23.7.